The van der Waals surface area contributed by atoms with E-state index in [2.05, 4.69) is 25.7 Å². The third-order valence-electron chi connectivity index (χ3n) is 1.92. The average Bonchev–Trinajstić information content (AvgIpc) is 2.94. The summed E-state index contributed by atoms with van der Waals surface area (Å²) in [4.78, 5) is 0. The molecule has 0 unspecified atom stereocenters. The number of aromatic nitrogens is 6. The second kappa shape index (κ2) is 2.81. The van der Waals surface area contributed by atoms with Gasteiger partial charge in [-0.15, -0.1) is 10.2 Å². The Balaban J connectivity index is 1.93. The lowest BCUT2D eigenvalue weighted by Gasteiger charge is -1.97. The number of hydrogen-bond donors (Lipinski definition) is 0. The summed E-state index contributed by atoms with van der Waals surface area (Å²) in [6.07, 6.45) is 1.60. The van der Waals surface area contributed by atoms with Crippen LogP contribution in [0.4, 0.5) is 0 Å². The first kappa shape index (κ1) is 7.51. The third kappa shape index (κ3) is 1.23. The van der Waals surface area contributed by atoms with Gasteiger partial charge in [-0.25, -0.2) is 0 Å². The minimum Gasteiger partial charge on any atom is -0.366 e. The molecule has 7 heteroatoms. The Morgan fingerprint density at radius 1 is 1.36 bits per heavy atom. The van der Waals surface area contributed by atoms with Crippen molar-refractivity contribution < 1.29 is 4.74 Å². The van der Waals surface area contributed by atoms with E-state index in [-0.39, 0.29) is 6.10 Å². The predicted octanol–water partition coefficient (Wildman–Crippen LogP) is -0.476. The standard InChI is InChI=1S/C7H6N6O/c1-2-7(13-4-8-11-12-13)10-9-5(1)6-3-14-6/h1-2,4,6H,3H2/t6-/m0/s1. The molecule has 7 nitrogen and oxygen atoms in total. The predicted molar refractivity (Wildman–Crippen MR) is 43.4 cm³/mol. The van der Waals surface area contributed by atoms with Gasteiger partial charge in [-0.3, -0.25) is 0 Å². The molecule has 0 radical (unpaired) electrons. The van der Waals surface area contributed by atoms with E-state index >= 15 is 0 Å². The fourth-order valence-corrected chi connectivity index (χ4v) is 1.11. The smallest absolute Gasteiger partial charge is 0.179 e. The minimum atomic E-state index is 0.130. The zero-order valence-electron chi connectivity index (χ0n) is 7.11. The van der Waals surface area contributed by atoms with Gasteiger partial charge in [-0.05, 0) is 22.6 Å². The summed E-state index contributed by atoms with van der Waals surface area (Å²) < 4.78 is 6.52. The molecule has 0 spiro atoms. The van der Waals surface area contributed by atoms with Crippen LogP contribution in [0.5, 0.6) is 0 Å². The lowest BCUT2D eigenvalue weighted by atomic mass is 10.3. The molecule has 1 atom stereocenters. The highest BCUT2D eigenvalue weighted by Crippen LogP contribution is 2.27. The van der Waals surface area contributed by atoms with Crippen molar-refractivity contribution in [2.45, 2.75) is 6.10 Å². The van der Waals surface area contributed by atoms with Crippen LogP contribution in [0.25, 0.3) is 5.82 Å². The van der Waals surface area contributed by atoms with Crippen LogP contribution in [0.2, 0.25) is 0 Å². The topological polar surface area (TPSA) is 81.9 Å². The van der Waals surface area contributed by atoms with E-state index in [1.807, 2.05) is 6.07 Å². The first-order chi connectivity index (χ1) is 6.93. The molecule has 70 valence electrons. The molecule has 3 rings (SSSR count). The van der Waals surface area contributed by atoms with E-state index < -0.39 is 0 Å². The van der Waals surface area contributed by atoms with Crippen LogP contribution in [0, 0.1) is 0 Å². The molecular formula is C7H6N6O. The highest BCUT2D eigenvalue weighted by Gasteiger charge is 2.26. The molecule has 2 aromatic heterocycles. The van der Waals surface area contributed by atoms with Crippen molar-refractivity contribution in [1.82, 2.24) is 30.4 Å². The number of hydrogen-bond acceptors (Lipinski definition) is 6. The molecule has 14 heavy (non-hydrogen) atoms. The van der Waals surface area contributed by atoms with E-state index in [9.17, 15) is 0 Å². The molecule has 1 saturated heterocycles. The normalized spacial score (nSPS) is 19.6. The number of ether oxygens (including phenoxy) is 1. The molecular weight excluding hydrogens is 184 g/mol. The molecule has 0 saturated carbocycles. The Hall–Kier alpha value is -1.89. The molecule has 1 fully saturated rings. The molecule has 3 heterocycles. The fourth-order valence-electron chi connectivity index (χ4n) is 1.11. The summed E-state index contributed by atoms with van der Waals surface area (Å²) in [7, 11) is 0. The fraction of sp³-hybridized carbons (Fsp3) is 0.286. The molecule has 0 amide bonds. The SMILES string of the molecule is c1cc(-n2cnnn2)nnc1[C@@H]1CO1. The zero-order chi connectivity index (χ0) is 9.38. The van der Waals surface area contributed by atoms with Crippen molar-refractivity contribution >= 4 is 0 Å². The van der Waals surface area contributed by atoms with E-state index in [0.29, 0.717) is 5.82 Å². The Morgan fingerprint density at radius 3 is 2.86 bits per heavy atom. The number of tetrazole rings is 1. The quantitative estimate of drug-likeness (QED) is 0.595. The number of rotatable bonds is 2. The summed E-state index contributed by atoms with van der Waals surface area (Å²) in [6.45, 7) is 0.735. The molecule has 1 aliphatic heterocycles. The second-order valence-corrected chi connectivity index (χ2v) is 2.89. The second-order valence-electron chi connectivity index (χ2n) is 2.89. The molecule has 0 N–H and O–H groups in total. The van der Waals surface area contributed by atoms with E-state index in [1.54, 1.807) is 6.07 Å². The van der Waals surface area contributed by atoms with Gasteiger partial charge >= 0.3 is 0 Å². The van der Waals surface area contributed by atoms with Gasteiger partial charge in [-0.2, -0.15) is 9.78 Å². The van der Waals surface area contributed by atoms with Gasteiger partial charge in [0.05, 0.1) is 12.3 Å². The first-order valence-electron chi connectivity index (χ1n) is 4.12. The summed E-state index contributed by atoms with van der Waals surface area (Å²) in [6, 6.07) is 3.67. The van der Waals surface area contributed by atoms with Crippen molar-refractivity contribution in [3.05, 3.63) is 24.2 Å². The highest BCUT2D eigenvalue weighted by molar-refractivity contribution is 5.20. The highest BCUT2D eigenvalue weighted by atomic mass is 16.6. The van der Waals surface area contributed by atoms with Gasteiger partial charge in [0.25, 0.3) is 0 Å². The van der Waals surface area contributed by atoms with Crippen molar-refractivity contribution in [3.63, 3.8) is 0 Å². The van der Waals surface area contributed by atoms with E-state index in [0.717, 1.165) is 12.3 Å². The molecule has 2 aromatic rings. The maximum Gasteiger partial charge on any atom is 0.179 e. The number of nitrogens with zero attached hydrogens (tertiary/aromatic N) is 6. The van der Waals surface area contributed by atoms with Crippen LogP contribution in [0.1, 0.15) is 11.8 Å². The molecule has 0 aliphatic carbocycles. The van der Waals surface area contributed by atoms with Crippen molar-refractivity contribution in [3.8, 4) is 5.82 Å². The summed E-state index contributed by atoms with van der Waals surface area (Å²) in [5.74, 6) is 0.597. The van der Waals surface area contributed by atoms with Crippen LogP contribution >= 0.6 is 0 Å². The monoisotopic (exact) mass is 190 g/mol. The lowest BCUT2D eigenvalue weighted by Crippen LogP contribution is -2.01. The van der Waals surface area contributed by atoms with Crippen molar-refractivity contribution in [2.24, 2.45) is 0 Å². The van der Waals surface area contributed by atoms with E-state index in [4.69, 9.17) is 4.74 Å². The molecule has 0 bridgehead atoms. The van der Waals surface area contributed by atoms with Gasteiger partial charge < -0.3 is 4.74 Å². The van der Waals surface area contributed by atoms with Crippen LogP contribution in [-0.2, 0) is 4.74 Å². The maximum atomic E-state index is 5.08. The average molecular weight is 190 g/mol. The van der Waals surface area contributed by atoms with Gasteiger partial charge in [-0.1, -0.05) is 0 Å². The Kier molecular flexibility index (Phi) is 1.51. The summed E-state index contributed by atoms with van der Waals surface area (Å²) in [5.41, 5.74) is 0.849. The summed E-state index contributed by atoms with van der Waals surface area (Å²) >= 11 is 0. The van der Waals surface area contributed by atoms with Gasteiger partial charge in [0.2, 0.25) is 0 Å². The molecule has 1 aliphatic rings. The Bertz CT molecular complexity index is 420. The van der Waals surface area contributed by atoms with Crippen LogP contribution in [0.3, 0.4) is 0 Å². The van der Waals surface area contributed by atoms with Crippen LogP contribution in [-0.4, -0.2) is 37.0 Å². The van der Waals surface area contributed by atoms with Gasteiger partial charge in [0.1, 0.15) is 12.4 Å². The van der Waals surface area contributed by atoms with Gasteiger partial charge in [0.15, 0.2) is 5.82 Å². The van der Waals surface area contributed by atoms with Crippen molar-refractivity contribution in [2.75, 3.05) is 6.61 Å². The largest absolute Gasteiger partial charge is 0.366 e. The Morgan fingerprint density at radius 2 is 2.29 bits per heavy atom. The van der Waals surface area contributed by atoms with Crippen LogP contribution < -0.4 is 0 Å². The van der Waals surface area contributed by atoms with E-state index in [1.165, 1.54) is 11.0 Å². The third-order valence-corrected chi connectivity index (χ3v) is 1.92. The number of epoxide rings is 1. The van der Waals surface area contributed by atoms with Crippen molar-refractivity contribution in [1.29, 1.82) is 0 Å². The zero-order valence-corrected chi connectivity index (χ0v) is 7.11. The minimum absolute atomic E-state index is 0.130. The lowest BCUT2D eigenvalue weighted by molar-refractivity contribution is 0.409. The van der Waals surface area contributed by atoms with Crippen LogP contribution in [0.15, 0.2) is 18.5 Å². The Labute approximate surface area is 78.7 Å². The maximum absolute atomic E-state index is 5.08. The summed E-state index contributed by atoms with van der Waals surface area (Å²) in [5, 5.41) is 18.7. The first-order valence-corrected chi connectivity index (χ1v) is 4.12. The van der Waals surface area contributed by atoms with Gasteiger partial charge in [0, 0.05) is 0 Å². The molecule has 0 aromatic carbocycles.